The Hall–Kier alpha value is -1.10. The van der Waals surface area contributed by atoms with Crippen LogP contribution in [0.1, 0.15) is 17.3 Å². The van der Waals surface area contributed by atoms with Gasteiger partial charge in [0.2, 0.25) is 0 Å². The molecule has 0 saturated carbocycles. The molecule has 1 aromatic rings. The lowest BCUT2D eigenvalue weighted by Gasteiger charge is -2.39. The quantitative estimate of drug-likeness (QED) is 0.890. The molecule has 1 N–H and O–H groups in total. The molecule has 2 rings (SSSR count). The number of hydrogen-bond acceptors (Lipinski definition) is 4. The SMILES string of the molecule is COc1ccc(C)cc1C(N(C)C)N1CCNCC1. The van der Waals surface area contributed by atoms with Gasteiger partial charge in [-0.2, -0.15) is 0 Å². The van der Waals surface area contributed by atoms with Gasteiger partial charge in [-0.05, 0) is 33.2 Å². The molecule has 1 aliphatic rings. The van der Waals surface area contributed by atoms with Crippen molar-refractivity contribution in [1.29, 1.82) is 0 Å². The summed E-state index contributed by atoms with van der Waals surface area (Å²) in [6.07, 6.45) is 0.275. The van der Waals surface area contributed by atoms with Gasteiger partial charge in [-0.3, -0.25) is 9.80 Å². The van der Waals surface area contributed by atoms with Crippen LogP contribution in [0.5, 0.6) is 5.75 Å². The highest BCUT2D eigenvalue weighted by atomic mass is 16.5. The van der Waals surface area contributed by atoms with E-state index >= 15 is 0 Å². The smallest absolute Gasteiger partial charge is 0.125 e. The average molecular weight is 263 g/mol. The lowest BCUT2D eigenvalue weighted by Crippen LogP contribution is -2.48. The highest BCUT2D eigenvalue weighted by molar-refractivity contribution is 5.39. The molecule has 1 aromatic carbocycles. The molecule has 1 atom stereocenters. The van der Waals surface area contributed by atoms with Gasteiger partial charge < -0.3 is 10.1 Å². The predicted octanol–water partition coefficient (Wildman–Crippen LogP) is 1.47. The molecule has 1 unspecified atom stereocenters. The van der Waals surface area contributed by atoms with E-state index in [0.717, 1.165) is 31.9 Å². The maximum Gasteiger partial charge on any atom is 0.125 e. The van der Waals surface area contributed by atoms with Crippen molar-refractivity contribution in [2.24, 2.45) is 0 Å². The first-order chi connectivity index (χ1) is 9.13. The number of hydrogen-bond donors (Lipinski definition) is 1. The Morgan fingerprint density at radius 2 is 1.95 bits per heavy atom. The van der Waals surface area contributed by atoms with E-state index in [4.69, 9.17) is 4.74 Å². The molecule has 0 aliphatic carbocycles. The highest BCUT2D eigenvalue weighted by Gasteiger charge is 2.26. The third-order valence-corrected chi connectivity index (χ3v) is 3.65. The second kappa shape index (κ2) is 6.37. The lowest BCUT2D eigenvalue weighted by atomic mass is 10.1. The highest BCUT2D eigenvalue weighted by Crippen LogP contribution is 2.31. The molecular formula is C15H25N3O. The van der Waals surface area contributed by atoms with Crippen molar-refractivity contribution in [2.45, 2.75) is 13.1 Å². The Morgan fingerprint density at radius 1 is 1.26 bits per heavy atom. The third-order valence-electron chi connectivity index (χ3n) is 3.65. The molecule has 0 aromatic heterocycles. The zero-order chi connectivity index (χ0) is 13.8. The van der Waals surface area contributed by atoms with Crippen LogP contribution in [-0.4, -0.2) is 57.2 Å². The van der Waals surface area contributed by atoms with Crippen LogP contribution >= 0.6 is 0 Å². The van der Waals surface area contributed by atoms with Gasteiger partial charge in [-0.15, -0.1) is 0 Å². The fraction of sp³-hybridized carbons (Fsp3) is 0.600. The van der Waals surface area contributed by atoms with Gasteiger partial charge in [0.15, 0.2) is 0 Å². The third kappa shape index (κ3) is 3.26. The molecule has 0 amide bonds. The number of ether oxygens (including phenoxy) is 1. The first-order valence-corrected chi connectivity index (χ1v) is 6.89. The van der Waals surface area contributed by atoms with Crippen molar-refractivity contribution in [2.75, 3.05) is 47.4 Å². The van der Waals surface area contributed by atoms with E-state index in [0.29, 0.717) is 0 Å². The molecule has 0 radical (unpaired) electrons. The predicted molar refractivity (Wildman–Crippen MR) is 78.6 cm³/mol. The molecule has 4 heteroatoms. The molecule has 1 aliphatic heterocycles. The fourth-order valence-electron chi connectivity index (χ4n) is 2.78. The van der Waals surface area contributed by atoms with Gasteiger partial charge in [0.1, 0.15) is 5.75 Å². The number of nitrogens with zero attached hydrogens (tertiary/aromatic N) is 2. The maximum atomic E-state index is 5.55. The van der Waals surface area contributed by atoms with E-state index in [1.165, 1.54) is 11.1 Å². The Morgan fingerprint density at radius 3 is 2.53 bits per heavy atom. The van der Waals surface area contributed by atoms with E-state index in [1.54, 1.807) is 7.11 Å². The van der Waals surface area contributed by atoms with Gasteiger partial charge in [0.25, 0.3) is 0 Å². The summed E-state index contributed by atoms with van der Waals surface area (Å²) in [7, 11) is 6.02. The molecule has 1 heterocycles. The number of rotatable bonds is 4. The van der Waals surface area contributed by atoms with Crippen LogP contribution in [0.15, 0.2) is 18.2 Å². The maximum absolute atomic E-state index is 5.55. The first kappa shape index (κ1) is 14.3. The van der Waals surface area contributed by atoms with Crippen molar-refractivity contribution < 1.29 is 4.74 Å². The van der Waals surface area contributed by atoms with Crippen LogP contribution in [0.25, 0.3) is 0 Å². The number of benzene rings is 1. The minimum atomic E-state index is 0.275. The Balaban J connectivity index is 2.34. The van der Waals surface area contributed by atoms with E-state index in [-0.39, 0.29) is 6.17 Å². The van der Waals surface area contributed by atoms with Crippen LogP contribution in [0.3, 0.4) is 0 Å². The zero-order valence-corrected chi connectivity index (χ0v) is 12.4. The minimum absolute atomic E-state index is 0.275. The van der Waals surface area contributed by atoms with Crippen molar-refractivity contribution in [3.63, 3.8) is 0 Å². The second-order valence-corrected chi connectivity index (χ2v) is 5.37. The van der Waals surface area contributed by atoms with Gasteiger partial charge in [0, 0.05) is 31.7 Å². The summed E-state index contributed by atoms with van der Waals surface area (Å²) < 4.78 is 5.55. The summed E-state index contributed by atoms with van der Waals surface area (Å²) >= 11 is 0. The van der Waals surface area contributed by atoms with Crippen molar-refractivity contribution in [3.05, 3.63) is 29.3 Å². The van der Waals surface area contributed by atoms with Crippen molar-refractivity contribution in [3.8, 4) is 5.75 Å². The summed E-state index contributed by atoms with van der Waals surface area (Å²) in [4.78, 5) is 4.77. The molecule has 19 heavy (non-hydrogen) atoms. The zero-order valence-electron chi connectivity index (χ0n) is 12.4. The fourth-order valence-corrected chi connectivity index (χ4v) is 2.78. The summed E-state index contributed by atoms with van der Waals surface area (Å²) in [5, 5.41) is 3.41. The van der Waals surface area contributed by atoms with Crippen LogP contribution < -0.4 is 10.1 Å². The Kier molecular flexibility index (Phi) is 4.80. The van der Waals surface area contributed by atoms with Gasteiger partial charge in [-0.25, -0.2) is 0 Å². The van der Waals surface area contributed by atoms with E-state index in [9.17, 15) is 0 Å². The molecular weight excluding hydrogens is 238 g/mol. The minimum Gasteiger partial charge on any atom is -0.496 e. The summed E-state index contributed by atoms with van der Waals surface area (Å²) in [5.74, 6) is 0.975. The Bertz CT molecular complexity index is 414. The van der Waals surface area contributed by atoms with E-state index in [1.807, 2.05) is 0 Å². The summed E-state index contributed by atoms with van der Waals surface area (Å²) in [5.41, 5.74) is 2.53. The largest absolute Gasteiger partial charge is 0.496 e. The second-order valence-electron chi connectivity index (χ2n) is 5.37. The number of nitrogens with one attached hydrogen (secondary N) is 1. The number of methoxy groups -OCH3 is 1. The lowest BCUT2D eigenvalue weighted by molar-refractivity contribution is 0.0653. The van der Waals surface area contributed by atoms with E-state index in [2.05, 4.69) is 54.3 Å². The molecule has 0 bridgehead atoms. The van der Waals surface area contributed by atoms with Crippen LogP contribution in [-0.2, 0) is 0 Å². The number of piperazine rings is 1. The van der Waals surface area contributed by atoms with Crippen LogP contribution in [0.4, 0.5) is 0 Å². The summed E-state index contributed by atoms with van der Waals surface area (Å²) in [6.45, 7) is 6.38. The van der Waals surface area contributed by atoms with Crippen molar-refractivity contribution in [1.82, 2.24) is 15.1 Å². The van der Waals surface area contributed by atoms with Gasteiger partial charge in [0.05, 0.1) is 13.3 Å². The first-order valence-electron chi connectivity index (χ1n) is 6.89. The molecule has 106 valence electrons. The average Bonchev–Trinajstić information content (AvgIpc) is 2.40. The van der Waals surface area contributed by atoms with Crippen LogP contribution in [0, 0.1) is 6.92 Å². The normalized spacial score (nSPS) is 18.6. The molecule has 1 saturated heterocycles. The monoisotopic (exact) mass is 263 g/mol. The summed E-state index contributed by atoms with van der Waals surface area (Å²) in [6, 6.07) is 6.42. The molecule has 1 fully saturated rings. The van der Waals surface area contributed by atoms with Crippen LogP contribution in [0.2, 0.25) is 0 Å². The van der Waals surface area contributed by atoms with Gasteiger partial charge in [-0.1, -0.05) is 11.6 Å². The molecule has 4 nitrogen and oxygen atoms in total. The topological polar surface area (TPSA) is 27.7 Å². The van der Waals surface area contributed by atoms with Gasteiger partial charge >= 0.3 is 0 Å². The van der Waals surface area contributed by atoms with Crippen molar-refractivity contribution >= 4 is 0 Å². The van der Waals surface area contributed by atoms with E-state index < -0.39 is 0 Å². The molecule has 0 spiro atoms. The standard InChI is InChI=1S/C15H25N3O/c1-12-5-6-14(19-4)13(11-12)15(17(2)3)18-9-7-16-8-10-18/h5-6,11,15-16H,7-10H2,1-4H3. The Labute approximate surface area is 116 Å². The number of aryl methyl sites for hydroxylation is 1.